The lowest BCUT2D eigenvalue weighted by atomic mass is 9.92. The van der Waals surface area contributed by atoms with Gasteiger partial charge in [-0.25, -0.2) is 26.6 Å². The van der Waals surface area contributed by atoms with Gasteiger partial charge in [-0.05, 0) is 30.5 Å². The molecule has 38 heavy (non-hydrogen) atoms. The van der Waals surface area contributed by atoms with Crippen LogP contribution < -0.4 is 5.32 Å². The predicted molar refractivity (Wildman–Crippen MR) is 133 cm³/mol. The lowest BCUT2D eigenvalue weighted by Gasteiger charge is -2.28. The van der Waals surface area contributed by atoms with Crippen LogP contribution in [0.3, 0.4) is 0 Å². The van der Waals surface area contributed by atoms with Gasteiger partial charge in [-0.2, -0.15) is 5.10 Å². The number of alkyl halides is 4. The number of ether oxygens (including phenoxy) is 1. The molecule has 1 fully saturated rings. The summed E-state index contributed by atoms with van der Waals surface area (Å²) in [5.74, 6) is -3.40. The second-order valence-electron chi connectivity index (χ2n) is 9.06. The van der Waals surface area contributed by atoms with Gasteiger partial charge in [0.15, 0.2) is 6.61 Å². The quantitative estimate of drug-likeness (QED) is 0.163. The average molecular weight is 535 g/mol. The SMILES string of the molecule is C=N/N=C(\OCC(F)F)c1ccc(Cn2cc(-c3ccc(CNC4CCC(F)(F)CC4)cc3)nn2)c(F)c1. The first-order chi connectivity index (χ1) is 18.2. The highest BCUT2D eigenvalue weighted by Crippen LogP contribution is 2.33. The van der Waals surface area contributed by atoms with Gasteiger partial charge in [0.05, 0.1) is 12.7 Å². The van der Waals surface area contributed by atoms with E-state index in [9.17, 15) is 22.0 Å². The second-order valence-corrected chi connectivity index (χ2v) is 9.06. The van der Waals surface area contributed by atoms with Gasteiger partial charge < -0.3 is 10.1 Å². The summed E-state index contributed by atoms with van der Waals surface area (Å²) >= 11 is 0. The molecule has 0 amide bonds. The van der Waals surface area contributed by atoms with E-state index < -0.39 is 24.8 Å². The van der Waals surface area contributed by atoms with Crippen molar-refractivity contribution in [3.05, 3.63) is 71.2 Å². The maximum absolute atomic E-state index is 14.7. The van der Waals surface area contributed by atoms with Crippen molar-refractivity contribution in [3.8, 4) is 11.3 Å². The van der Waals surface area contributed by atoms with Gasteiger partial charge in [-0.1, -0.05) is 35.5 Å². The molecule has 0 atom stereocenters. The van der Waals surface area contributed by atoms with Gasteiger partial charge in [0.1, 0.15) is 11.5 Å². The summed E-state index contributed by atoms with van der Waals surface area (Å²) in [5.41, 5.74) is 2.89. The van der Waals surface area contributed by atoms with Crippen molar-refractivity contribution in [1.29, 1.82) is 0 Å². The van der Waals surface area contributed by atoms with Crippen LogP contribution >= 0.6 is 0 Å². The highest BCUT2D eigenvalue weighted by Gasteiger charge is 2.34. The van der Waals surface area contributed by atoms with Gasteiger partial charge in [0.25, 0.3) is 6.43 Å². The molecule has 1 aliphatic carbocycles. The summed E-state index contributed by atoms with van der Waals surface area (Å²) in [6.45, 7) is 2.94. The van der Waals surface area contributed by atoms with Gasteiger partial charge in [-0.3, -0.25) is 0 Å². The summed E-state index contributed by atoms with van der Waals surface area (Å²) in [4.78, 5) is 0. The monoisotopic (exact) mass is 534 g/mol. The van der Waals surface area contributed by atoms with Gasteiger partial charge in [-0.15, -0.1) is 10.2 Å². The summed E-state index contributed by atoms with van der Waals surface area (Å²) in [7, 11) is 0. The molecule has 0 aliphatic heterocycles. The molecule has 1 saturated carbocycles. The largest absolute Gasteiger partial charge is 0.470 e. The Bertz CT molecular complexity index is 1250. The van der Waals surface area contributed by atoms with Crippen LogP contribution in [0.4, 0.5) is 22.0 Å². The molecule has 1 N–H and O–H groups in total. The second kappa shape index (κ2) is 12.2. The number of hydrogen-bond acceptors (Lipinski definition) is 6. The fraction of sp³-hybridized carbons (Fsp3) is 0.385. The molecule has 3 aromatic rings. The van der Waals surface area contributed by atoms with Crippen LogP contribution in [-0.2, 0) is 17.8 Å². The van der Waals surface area contributed by atoms with Crippen molar-refractivity contribution in [2.45, 2.75) is 57.2 Å². The van der Waals surface area contributed by atoms with Crippen molar-refractivity contribution in [1.82, 2.24) is 20.3 Å². The first-order valence-electron chi connectivity index (χ1n) is 12.1. The third kappa shape index (κ3) is 7.44. The summed E-state index contributed by atoms with van der Waals surface area (Å²) in [5, 5.41) is 18.4. The third-order valence-electron chi connectivity index (χ3n) is 6.24. The maximum atomic E-state index is 14.7. The minimum absolute atomic E-state index is 0.0783. The zero-order valence-electron chi connectivity index (χ0n) is 20.5. The molecule has 2 aromatic carbocycles. The van der Waals surface area contributed by atoms with Gasteiger partial charge >= 0.3 is 0 Å². The topological polar surface area (TPSA) is 76.7 Å². The summed E-state index contributed by atoms with van der Waals surface area (Å²) < 4.78 is 72.7. The molecule has 0 bridgehead atoms. The molecule has 1 aromatic heterocycles. The molecular weight excluding hydrogens is 507 g/mol. The summed E-state index contributed by atoms with van der Waals surface area (Å²) in [6.07, 6.45) is -0.266. The smallest absolute Gasteiger partial charge is 0.272 e. The summed E-state index contributed by atoms with van der Waals surface area (Å²) in [6, 6.07) is 11.8. The molecule has 7 nitrogen and oxygen atoms in total. The number of benzene rings is 2. The molecule has 4 rings (SSSR count). The Morgan fingerprint density at radius 3 is 2.55 bits per heavy atom. The molecule has 0 saturated heterocycles. The lowest BCUT2D eigenvalue weighted by Crippen LogP contribution is -2.36. The minimum Gasteiger partial charge on any atom is -0.470 e. The molecule has 0 spiro atoms. The zero-order valence-corrected chi connectivity index (χ0v) is 20.5. The predicted octanol–water partition coefficient (Wildman–Crippen LogP) is 5.44. The van der Waals surface area contributed by atoms with Crippen molar-refractivity contribution < 1.29 is 26.7 Å². The van der Waals surface area contributed by atoms with Crippen LogP contribution in [-0.4, -0.2) is 52.6 Å². The molecular formula is C26H27F5N6O. The molecule has 0 unspecified atom stereocenters. The Kier molecular flexibility index (Phi) is 8.82. The van der Waals surface area contributed by atoms with E-state index in [0.29, 0.717) is 30.6 Å². The fourth-order valence-electron chi connectivity index (χ4n) is 4.17. The Balaban J connectivity index is 1.35. The Morgan fingerprint density at radius 1 is 1.16 bits per heavy atom. The highest BCUT2D eigenvalue weighted by molar-refractivity contribution is 5.94. The van der Waals surface area contributed by atoms with E-state index >= 15 is 0 Å². The molecule has 12 heteroatoms. The fourth-order valence-corrected chi connectivity index (χ4v) is 4.17. The highest BCUT2D eigenvalue weighted by atomic mass is 19.3. The van der Waals surface area contributed by atoms with Crippen LogP contribution in [0.1, 0.15) is 42.4 Å². The Labute approximate surface area is 216 Å². The number of aromatic nitrogens is 3. The van der Waals surface area contributed by atoms with E-state index in [-0.39, 0.29) is 36.9 Å². The van der Waals surface area contributed by atoms with Crippen molar-refractivity contribution in [2.24, 2.45) is 10.2 Å². The average Bonchev–Trinajstić information content (AvgIpc) is 3.36. The molecule has 1 aliphatic rings. The zero-order chi connectivity index (χ0) is 27.1. The standard InChI is InChI=1S/C26H27F5N6O/c1-32-35-25(38-16-24(28)29)19-6-7-20(22(27)12-19)14-37-15-23(34-36-37)18-4-2-17(3-5-18)13-33-21-8-10-26(30,31)11-9-21/h2-7,12,15,21,24,33H,1,8-11,13-14,16H2/b35-25-. The van der Waals surface area contributed by atoms with Crippen LogP contribution in [0.25, 0.3) is 11.3 Å². The van der Waals surface area contributed by atoms with E-state index in [1.807, 2.05) is 24.3 Å². The first-order valence-corrected chi connectivity index (χ1v) is 12.1. The van der Waals surface area contributed by atoms with E-state index in [2.05, 4.69) is 32.5 Å². The first kappa shape index (κ1) is 27.4. The van der Waals surface area contributed by atoms with Crippen LogP contribution in [0.15, 0.2) is 58.9 Å². The number of halogens is 5. The minimum atomic E-state index is -2.72. The lowest BCUT2D eigenvalue weighted by molar-refractivity contribution is -0.0405. The number of nitrogens with zero attached hydrogens (tertiary/aromatic N) is 5. The molecule has 1 heterocycles. The molecule has 0 radical (unpaired) electrons. The van der Waals surface area contributed by atoms with Crippen LogP contribution in [0.5, 0.6) is 0 Å². The van der Waals surface area contributed by atoms with Crippen molar-refractivity contribution >= 4 is 12.6 Å². The van der Waals surface area contributed by atoms with Gasteiger partial charge in [0, 0.05) is 48.8 Å². The number of hydrogen-bond donors (Lipinski definition) is 1. The Morgan fingerprint density at radius 2 is 1.89 bits per heavy atom. The van der Waals surface area contributed by atoms with Crippen molar-refractivity contribution in [2.75, 3.05) is 6.61 Å². The third-order valence-corrected chi connectivity index (χ3v) is 6.24. The number of rotatable bonds is 10. The van der Waals surface area contributed by atoms with Crippen molar-refractivity contribution in [3.63, 3.8) is 0 Å². The van der Waals surface area contributed by atoms with Crippen LogP contribution in [0.2, 0.25) is 0 Å². The maximum Gasteiger partial charge on any atom is 0.272 e. The van der Waals surface area contributed by atoms with E-state index in [1.165, 1.54) is 16.8 Å². The Hall–Kier alpha value is -3.67. The molecule has 202 valence electrons. The normalized spacial score (nSPS) is 16.1. The van der Waals surface area contributed by atoms with Gasteiger partial charge in [0.2, 0.25) is 11.8 Å². The van der Waals surface area contributed by atoms with E-state index in [4.69, 9.17) is 4.74 Å². The van der Waals surface area contributed by atoms with Crippen LogP contribution in [0, 0.1) is 5.82 Å². The van der Waals surface area contributed by atoms with E-state index in [1.54, 1.807) is 6.20 Å². The van der Waals surface area contributed by atoms with E-state index in [0.717, 1.165) is 17.2 Å². The number of nitrogens with one attached hydrogen (secondary N) is 1.